The lowest BCUT2D eigenvalue weighted by Crippen LogP contribution is -2.15. The second kappa shape index (κ2) is 7.64. The zero-order valence-corrected chi connectivity index (χ0v) is 10.4. The van der Waals surface area contributed by atoms with E-state index in [2.05, 4.69) is 23.3 Å². The molecule has 92 valence electrons. The van der Waals surface area contributed by atoms with Crippen LogP contribution in [-0.4, -0.2) is 17.6 Å². The van der Waals surface area contributed by atoms with Crippen molar-refractivity contribution in [3.8, 4) is 11.8 Å². The average molecular weight is 233 g/mol. The van der Waals surface area contributed by atoms with E-state index < -0.39 is 0 Å². The normalized spacial score (nSPS) is 11.8. The van der Waals surface area contributed by atoms with Crippen molar-refractivity contribution in [1.82, 2.24) is 10.3 Å². The number of hydrogen-bond acceptors (Lipinski definition) is 4. The van der Waals surface area contributed by atoms with E-state index in [1.165, 1.54) is 0 Å². The average Bonchev–Trinajstić information content (AvgIpc) is 2.38. The molecule has 0 aliphatic rings. The Morgan fingerprint density at radius 3 is 2.82 bits per heavy atom. The molecule has 1 aromatic rings. The largest absolute Gasteiger partial charge is 0.474 e. The van der Waals surface area contributed by atoms with Crippen LogP contribution in [0.3, 0.4) is 0 Å². The van der Waals surface area contributed by atoms with E-state index in [0.29, 0.717) is 12.2 Å². The summed E-state index contributed by atoms with van der Waals surface area (Å²) in [6.07, 6.45) is 3.07. The van der Waals surface area contributed by atoms with E-state index in [4.69, 9.17) is 10.00 Å². The summed E-state index contributed by atoms with van der Waals surface area (Å²) in [6, 6.07) is 5.87. The van der Waals surface area contributed by atoms with E-state index >= 15 is 0 Å². The molecule has 0 aliphatic heterocycles. The second-order valence-electron chi connectivity index (χ2n) is 3.81. The SMILES string of the molecule is CCCNCc1ccc(OC(C#N)CC)cn1. The van der Waals surface area contributed by atoms with Crippen LogP contribution in [0.4, 0.5) is 0 Å². The first-order valence-corrected chi connectivity index (χ1v) is 6.02. The van der Waals surface area contributed by atoms with E-state index in [1.54, 1.807) is 6.20 Å². The van der Waals surface area contributed by atoms with Crippen LogP contribution in [0, 0.1) is 11.3 Å². The highest BCUT2D eigenvalue weighted by Gasteiger charge is 2.05. The van der Waals surface area contributed by atoms with E-state index in [0.717, 1.165) is 25.2 Å². The number of nitrogens with one attached hydrogen (secondary N) is 1. The predicted octanol–water partition coefficient (Wildman–Crippen LogP) is 2.26. The number of ether oxygens (including phenoxy) is 1. The van der Waals surface area contributed by atoms with Gasteiger partial charge in [-0.05, 0) is 31.5 Å². The third-order valence-corrected chi connectivity index (χ3v) is 2.32. The van der Waals surface area contributed by atoms with Crippen LogP contribution < -0.4 is 10.1 Å². The lowest BCUT2D eigenvalue weighted by atomic mass is 10.3. The summed E-state index contributed by atoms with van der Waals surface area (Å²) >= 11 is 0. The molecule has 0 amide bonds. The Balaban J connectivity index is 2.47. The topological polar surface area (TPSA) is 57.9 Å². The van der Waals surface area contributed by atoms with Crippen molar-refractivity contribution < 1.29 is 4.74 Å². The van der Waals surface area contributed by atoms with Gasteiger partial charge in [-0.3, -0.25) is 4.98 Å². The molecule has 0 saturated heterocycles. The van der Waals surface area contributed by atoms with Gasteiger partial charge in [-0.25, -0.2) is 0 Å². The van der Waals surface area contributed by atoms with E-state index in [1.807, 2.05) is 19.1 Å². The van der Waals surface area contributed by atoms with Crippen molar-refractivity contribution in [3.05, 3.63) is 24.0 Å². The van der Waals surface area contributed by atoms with E-state index in [9.17, 15) is 0 Å². The van der Waals surface area contributed by atoms with Crippen molar-refractivity contribution in [1.29, 1.82) is 5.26 Å². The summed E-state index contributed by atoms with van der Waals surface area (Å²) in [4.78, 5) is 4.28. The standard InChI is InChI=1S/C13H19N3O/c1-3-7-15-9-11-5-6-13(10-16-11)17-12(4-2)8-14/h5-6,10,12,15H,3-4,7,9H2,1-2H3. The fraction of sp³-hybridized carbons (Fsp3) is 0.538. The number of pyridine rings is 1. The Kier molecular flexibility index (Phi) is 6.05. The number of aromatic nitrogens is 1. The summed E-state index contributed by atoms with van der Waals surface area (Å²) in [5.41, 5.74) is 0.982. The third kappa shape index (κ3) is 4.83. The van der Waals surface area contributed by atoms with Gasteiger partial charge in [0, 0.05) is 6.54 Å². The summed E-state index contributed by atoms with van der Waals surface area (Å²) < 4.78 is 5.45. The van der Waals surface area contributed by atoms with Crippen LogP contribution in [0.25, 0.3) is 0 Å². The van der Waals surface area contributed by atoms with Gasteiger partial charge in [-0.2, -0.15) is 5.26 Å². The fourth-order valence-electron chi connectivity index (χ4n) is 1.34. The molecular weight excluding hydrogens is 214 g/mol. The molecular formula is C13H19N3O. The molecule has 1 aromatic heterocycles. The van der Waals surface area contributed by atoms with Crippen LogP contribution in [0.15, 0.2) is 18.3 Å². The molecule has 0 fully saturated rings. The quantitative estimate of drug-likeness (QED) is 0.734. The van der Waals surface area contributed by atoms with Gasteiger partial charge < -0.3 is 10.1 Å². The summed E-state index contributed by atoms with van der Waals surface area (Å²) in [6.45, 7) is 5.81. The molecule has 1 N–H and O–H groups in total. The van der Waals surface area contributed by atoms with Crippen LogP contribution in [0.2, 0.25) is 0 Å². The molecule has 0 aliphatic carbocycles. The molecule has 1 atom stereocenters. The van der Waals surface area contributed by atoms with Crippen molar-refractivity contribution in [2.24, 2.45) is 0 Å². The summed E-state index contributed by atoms with van der Waals surface area (Å²) in [5.74, 6) is 0.651. The molecule has 0 spiro atoms. The Morgan fingerprint density at radius 1 is 1.47 bits per heavy atom. The van der Waals surface area contributed by atoms with Crippen molar-refractivity contribution in [2.75, 3.05) is 6.54 Å². The molecule has 0 saturated carbocycles. The minimum atomic E-state index is -0.388. The van der Waals surface area contributed by atoms with Crippen LogP contribution in [0.5, 0.6) is 5.75 Å². The predicted molar refractivity (Wildman–Crippen MR) is 66.6 cm³/mol. The lowest BCUT2D eigenvalue weighted by molar-refractivity contribution is 0.251. The zero-order valence-electron chi connectivity index (χ0n) is 10.4. The Bertz CT molecular complexity index is 356. The van der Waals surface area contributed by atoms with Gasteiger partial charge in [0.2, 0.25) is 0 Å². The van der Waals surface area contributed by atoms with Gasteiger partial charge in [0.15, 0.2) is 6.10 Å². The maximum atomic E-state index is 8.78. The highest BCUT2D eigenvalue weighted by molar-refractivity contribution is 5.20. The molecule has 0 aromatic carbocycles. The zero-order chi connectivity index (χ0) is 12.5. The van der Waals surface area contributed by atoms with Crippen LogP contribution >= 0.6 is 0 Å². The van der Waals surface area contributed by atoms with Gasteiger partial charge in [0.1, 0.15) is 11.8 Å². The van der Waals surface area contributed by atoms with Crippen molar-refractivity contribution in [3.63, 3.8) is 0 Å². The molecule has 0 radical (unpaired) electrons. The molecule has 0 bridgehead atoms. The third-order valence-electron chi connectivity index (χ3n) is 2.32. The number of hydrogen-bond donors (Lipinski definition) is 1. The molecule has 4 nitrogen and oxygen atoms in total. The molecule has 4 heteroatoms. The van der Waals surface area contributed by atoms with Crippen molar-refractivity contribution >= 4 is 0 Å². The molecule has 1 heterocycles. The smallest absolute Gasteiger partial charge is 0.184 e. The first-order chi connectivity index (χ1) is 8.30. The summed E-state index contributed by atoms with van der Waals surface area (Å²) in [7, 11) is 0. The monoisotopic (exact) mass is 233 g/mol. The lowest BCUT2D eigenvalue weighted by Gasteiger charge is -2.10. The second-order valence-corrected chi connectivity index (χ2v) is 3.81. The number of rotatable bonds is 7. The molecule has 1 unspecified atom stereocenters. The highest BCUT2D eigenvalue weighted by Crippen LogP contribution is 2.12. The van der Waals surface area contributed by atoms with Gasteiger partial charge in [0.05, 0.1) is 11.9 Å². The van der Waals surface area contributed by atoms with Gasteiger partial charge >= 0.3 is 0 Å². The molecule has 1 rings (SSSR count). The Labute approximate surface area is 103 Å². The van der Waals surface area contributed by atoms with Gasteiger partial charge in [-0.15, -0.1) is 0 Å². The van der Waals surface area contributed by atoms with Crippen LogP contribution in [-0.2, 0) is 6.54 Å². The summed E-state index contributed by atoms with van der Waals surface area (Å²) in [5, 5.41) is 12.1. The minimum Gasteiger partial charge on any atom is -0.474 e. The maximum Gasteiger partial charge on any atom is 0.184 e. The van der Waals surface area contributed by atoms with Crippen molar-refractivity contribution in [2.45, 2.75) is 39.3 Å². The van der Waals surface area contributed by atoms with E-state index in [-0.39, 0.29) is 6.10 Å². The highest BCUT2D eigenvalue weighted by atomic mass is 16.5. The fourth-order valence-corrected chi connectivity index (χ4v) is 1.34. The Morgan fingerprint density at radius 2 is 2.29 bits per heavy atom. The minimum absolute atomic E-state index is 0.388. The first-order valence-electron chi connectivity index (χ1n) is 6.02. The number of nitriles is 1. The maximum absolute atomic E-state index is 8.78. The Hall–Kier alpha value is -1.60. The van der Waals surface area contributed by atoms with Gasteiger partial charge in [0.25, 0.3) is 0 Å². The number of nitrogens with zero attached hydrogens (tertiary/aromatic N) is 2. The first kappa shape index (κ1) is 13.5. The van der Waals surface area contributed by atoms with Crippen LogP contribution in [0.1, 0.15) is 32.4 Å². The van der Waals surface area contributed by atoms with Gasteiger partial charge in [-0.1, -0.05) is 13.8 Å². The molecule has 17 heavy (non-hydrogen) atoms.